The number of amides is 2. The molecule has 1 atom stereocenters. The fraction of sp³-hybridized carbons (Fsp3) is 0.367. The van der Waals surface area contributed by atoms with Crippen LogP contribution in [0.5, 0.6) is 5.75 Å². The molecule has 4 rings (SSSR count). The summed E-state index contributed by atoms with van der Waals surface area (Å²) in [6, 6.07) is 16.7. The second-order valence-corrected chi connectivity index (χ2v) is 11.9. The average Bonchev–Trinajstić information content (AvgIpc) is 2.95. The highest BCUT2D eigenvalue weighted by molar-refractivity contribution is 7.90. The maximum atomic E-state index is 12.9. The monoisotopic (exact) mass is 652 g/mol. The number of aliphatic hydroxyl groups excluding tert-OH is 1. The van der Waals surface area contributed by atoms with Crippen LogP contribution in [-0.2, 0) is 21.2 Å². The lowest BCUT2D eigenvalue weighted by atomic mass is 9.97. The zero-order chi connectivity index (χ0) is 29.2. The number of hydrogen-bond donors (Lipinski definition) is 4. The van der Waals surface area contributed by atoms with Crippen molar-refractivity contribution in [1.82, 2.24) is 15.0 Å². The Hall–Kier alpha value is -3.22. The van der Waals surface area contributed by atoms with Crippen molar-refractivity contribution in [3.05, 3.63) is 83.7 Å². The second-order valence-electron chi connectivity index (χ2n) is 10.2. The van der Waals surface area contributed by atoms with Crippen LogP contribution < -0.4 is 20.5 Å². The molecule has 1 aromatic heterocycles. The van der Waals surface area contributed by atoms with Gasteiger partial charge in [-0.25, -0.2) is 13.1 Å². The number of sulfonamides is 1. The van der Waals surface area contributed by atoms with Crippen LogP contribution in [0.3, 0.4) is 0 Å². The van der Waals surface area contributed by atoms with Crippen molar-refractivity contribution in [3.8, 4) is 16.9 Å². The molecule has 0 aliphatic heterocycles. The number of primary amides is 1. The van der Waals surface area contributed by atoms with Crippen LogP contribution in [0.1, 0.15) is 59.7 Å². The van der Waals surface area contributed by atoms with Crippen molar-refractivity contribution in [3.63, 3.8) is 0 Å². The molecule has 1 saturated carbocycles. The van der Waals surface area contributed by atoms with Gasteiger partial charge in [-0.3, -0.25) is 14.6 Å². The SMILES string of the molecule is Cl.Cl.NC(=O)CS(=O)(=O)NC(=O)c1ccc(-c2ccc(CCNC[C@H](O)c3cccnc3)cc2)cc1OC1CCCCC1. The largest absolute Gasteiger partial charge is 0.490 e. The first-order chi connectivity index (χ1) is 19.7. The van der Waals surface area contributed by atoms with Gasteiger partial charge in [0.25, 0.3) is 5.91 Å². The Balaban J connectivity index is 0.00000323. The van der Waals surface area contributed by atoms with Gasteiger partial charge in [0.1, 0.15) is 11.5 Å². The van der Waals surface area contributed by atoms with Crippen LogP contribution in [0.4, 0.5) is 0 Å². The molecule has 1 heterocycles. The van der Waals surface area contributed by atoms with Crippen LogP contribution in [0.2, 0.25) is 0 Å². The summed E-state index contributed by atoms with van der Waals surface area (Å²) in [6.07, 6.45) is 8.30. The van der Waals surface area contributed by atoms with Crippen LogP contribution in [-0.4, -0.2) is 55.3 Å². The molecular formula is C30H38Cl2N4O6S. The van der Waals surface area contributed by atoms with Crippen molar-refractivity contribution >= 4 is 46.7 Å². The average molecular weight is 654 g/mol. The normalized spacial score (nSPS) is 14.1. The Morgan fingerprint density at radius 2 is 1.72 bits per heavy atom. The molecule has 1 fully saturated rings. The number of rotatable bonds is 13. The molecule has 0 radical (unpaired) electrons. The van der Waals surface area contributed by atoms with Crippen molar-refractivity contribution in [1.29, 1.82) is 0 Å². The molecule has 13 heteroatoms. The summed E-state index contributed by atoms with van der Waals surface area (Å²) < 4.78 is 32.4. The smallest absolute Gasteiger partial charge is 0.268 e. The van der Waals surface area contributed by atoms with E-state index in [-0.39, 0.29) is 36.5 Å². The van der Waals surface area contributed by atoms with E-state index in [1.165, 1.54) is 6.07 Å². The summed E-state index contributed by atoms with van der Waals surface area (Å²) >= 11 is 0. The lowest BCUT2D eigenvalue weighted by Crippen LogP contribution is -2.37. The van der Waals surface area contributed by atoms with E-state index >= 15 is 0 Å². The number of nitrogens with one attached hydrogen (secondary N) is 2. The minimum Gasteiger partial charge on any atom is -0.490 e. The zero-order valence-electron chi connectivity index (χ0n) is 23.6. The number of carbonyl (C=O) groups is 2. The van der Waals surface area contributed by atoms with Gasteiger partial charge in [0.15, 0.2) is 0 Å². The molecule has 2 amide bonds. The maximum Gasteiger partial charge on any atom is 0.268 e. The van der Waals surface area contributed by atoms with Crippen molar-refractivity contribution in [2.75, 3.05) is 18.8 Å². The third kappa shape index (κ3) is 11.1. The molecule has 0 saturated heterocycles. The fourth-order valence-corrected chi connectivity index (χ4v) is 5.63. The summed E-state index contributed by atoms with van der Waals surface area (Å²) in [6.45, 7) is 1.12. The molecule has 1 aliphatic rings. The Kier molecular flexibility index (Phi) is 14.4. The fourth-order valence-electron chi connectivity index (χ4n) is 4.80. The van der Waals surface area contributed by atoms with E-state index in [0.29, 0.717) is 18.8 Å². The lowest BCUT2D eigenvalue weighted by molar-refractivity contribution is -0.115. The third-order valence-corrected chi connectivity index (χ3v) is 8.10. The highest BCUT2D eigenvalue weighted by atomic mass is 35.5. The first-order valence-corrected chi connectivity index (χ1v) is 15.4. The van der Waals surface area contributed by atoms with Crippen LogP contribution in [0.15, 0.2) is 67.0 Å². The highest BCUT2D eigenvalue weighted by Gasteiger charge is 2.24. The number of hydrogen-bond acceptors (Lipinski definition) is 8. The second kappa shape index (κ2) is 17.2. The predicted molar refractivity (Wildman–Crippen MR) is 170 cm³/mol. The van der Waals surface area contributed by atoms with Gasteiger partial charge in [-0.2, -0.15) is 0 Å². The summed E-state index contributed by atoms with van der Waals surface area (Å²) in [5.41, 5.74) is 8.69. The number of nitrogens with zero attached hydrogens (tertiary/aromatic N) is 1. The topological polar surface area (TPSA) is 161 Å². The molecular weight excluding hydrogens is 615 g/mol. The molecule has 43 heavy (non-hydrogen) atoms. The van der Waals surface area contributed by atoms with E-state index in [1.54, 1.807) is 30.6 Å². The molecule has 234 valence electrons. The van der Waals surface area contributed by atoms with E-state index in [1.807, 2.05) is 35.1 Å². The number of pyridine rings is 1. The van der Waals surface area contributed by atoms with Gasteiger partial charge in [-0.05, 0) is 73.5 Å². The number of aromatic nitrogens is 1. The molecule has 10 nitrogen and oxygen atoms in total. The Bertz CT molecular complexity index is 1440. The van der Waals surface area contributed by atoms with Crippen molar-refractivity contribution in [2.45, 2.75) is 50.7 Å². The van der Waals surface area contributed by atoms with Gasteiger partial charge in [0, 0.05) is 24.5 Å². The zero-order valence-corrected chi connectivity index (χ0v) is 26.1. The van der Waals surface area contributed by atoms with Crippen molar-refractivity contribution in [2.24, 2.45) is 5.73 Å². The van der Waals surface area contributed by atoms with Gasteiger partial charge in [-0.1, -0.05) is 42.8 Å². The number of aliphatic hydroxyl groups is 1. The van der Waals surface area contributed by atoms with Gasteiger partial charge < -0.3 is 20.9 Å². The Morgan fingerprint density at radius 3 is 2.37 bits per heavy atom. The van der Waals surface area contributed by atoms with Crippen LogP contribution >= 0.6 is 24.8 Å². The number of carbonyl (C=O) groups excluding carboxylic acids is 2. The number of nitrogens with two attached hydrogens (primary N) is 1. The minimum absolute atomic E-state index is 0. The van der Waals surface area contributed by atoms with E-state index in [0.717, 1.165) is 60.8 Å². The lowest BCUT2D eigenvalue weighted by Gasteiger charge is -2.24. The maximum absolute atomic E-state index is 12.9. The minimum atomic E-state index is -4.23. The van der Waals surface area contributed by atoms with Gasteiger partial charge in [0.2, 0.25) is 15.9 Å². The first kappa shape index (κ1) is 36.0. The predicted octanol–water partition coefficient (Wildman–Crippen LogP) is 3.71. The van der Waals surface area contributed by atoms with E-state index in [2.05, 4.69) is 10.3 Å². The number of benzene rings is 2. The summed E-state index contributed by atoms with van der Waals surface area (Å²) in [7, 11) is -4.23. The standard InChI is InChI=1S/C30H36N4O6S.2ClH/c31-29(36)20-41(38,39)34-30(37)26-13-12-23(17-28(26)40-25-6-2-1-3-7-25)22-10-8-21(9-11-22)14-16-33-19-27(35)24-5-4-15-32-18-24;;/h4-5,8-13,15,17-18,25,27,33,35H,1-3,6-7,14,16,19-20H2,(H2,31,36)(H,34,37);2*1H/t27-;;/m0../s1. The molecule has 0 bridgehead atoms. The summed E-state index contributed by atoms with van der Waals surface area (Å²) in [5.74, 6) is -2.62. The molecule has 5 N–H and O–H groups in total. The van der Waals surface area contributed by atoms with Gasteiger partial charge >= 0.3 is 0 Å². The van der Waals surface area contributed by atoms with Crippen molar-refractivity contribution < 1.29 is 27.9 Å². The van der Waals surface area contributed by atoms with E-state index < -0.39 is 33.7 Å². The Morgan fingerprint density at radius 1 is 1.02 bits per heavy atom. The Labute approximate surface area is 264 Å². The van der Waals surface area contributed by atoms with Crippen LogP contribution in [0.25, 0.3) is 11.1 Å². The van der Waals surface area contributed by atoms with E-state index in [4.69, 9.17) is 10.5 Å². The molecule has 0 spiro atoms. The first-order valence-electron chi connectivity index (χ1n) is 13.7. The quantitative estimate of drug-likeness (QED) is 0.203. The van der Waals surface area contributed by atoms with Gasteiger partial charge in [-0.15, -0.1) is 24.8 Å². The molecule has 1 aliphatic carbocycles. The summed E-state index contributed by atoms with van der Waals surface area (Å²) in [4.78, 5) is 28.0. The molecule has 2 aromatic carbocycles. The highest BCUT2D eigenvalue weighted by Crippen LogP contribution is 2.31. The molecule has 0 unspecified atom stereocenters. The number of halogens is 2. The number of ether oxygens (including phenoxy) is 1. The summed E-state index contributed by atoms with van der Waals surface area (Å²) in [5, 5.41) is 13.5. The van der Waals surface area contributed by atoms with Crippen LogP contribution in [0, 0.1) is 0 Å². The third-order valence-electron chi connectivity index (χ3n) is 6.94. The molecule has 3 aromatic rings. The van der Waals surface area contributed by atoms with E-state index in [9.17, 15) is 23.1 Å². The van der Waals surface area contributed by atoms with Gasteiger partial charge in [0.05, 0.1) is 17.8 Å².